The topological polar surface area (TPSA) is 22.1 Å². The van der Waals surface area contributed by atoms with Crippen molar-refractivity contribution in [1.82, 2.24) is 4.98 Å². The van der Waals surface area contributed by atoms with Crippen LogP contribution in [0, 0.1) is 5.95 Å². The van der Waals surface area contributed by atoms with Crippen LogP contribution in [0.25, 0.3) is 0 Å². The molecule has 12 heavy (non-hydrogen) atoms. The van der Waals surface area contributed by atoms with E-state index < -0.39 is 5.95 Å². The molecular weight excluding hydrogens is 157 g/mol. The van der Waals surface area contributed by atoms with E-state index in [4.69, 9.17) is 4.74 Å². The van der Waals surface area contributed by atoms with Crippen molar-refractivity contribution >= 4 is 0 Å². The smallest absolute Gasteiger partial charge is 0.216 e. The molecule has 1 aromatic heterocycles. The lowest BCUT2D eigenvalue weighted by Gasteiger charge is -2.20. The van der Waals surface area contributed by atoms with Crippen molar-refractivity contribution in [2.45, 2.75) is 26.4 Å². The van der Waals surface area contributed by atoms with Crippen molar-refractivity contribution in [2.24, 2.45) is 0 Å². The molecular formula is C9H12FNO. The zero-order chi connectivity index (χ0) is 9.19. The van der Waals surface area contributed by atoms with E-state index in [0.717, 1.165) is 0 Å². The summed E-state index contributed by atoms with van der Waals surface area (Å²) in [5.41, 5.74) is -0.298. The van der Waals surface area contributed by atoms with Crippen molar-refractivity contribution in [3.8, 4) is 5.75 Å². The van der Waals surface area contributed by atoms with Crippen LogP contribution in [0.4, 0.5) is 4.39 Å². The Morgan fingerprint density at radius 3 is 2.58 bits per heavy atom. The first-order chi connectivity index (χ1) is 5.47. The van der Waals surface area contributed by atoms with Crippen LogP contribution >= 0.6 is 0 Å². The Hall–Kier alpha value is -1.12. The van der Waals surface area contributed by atoms with E-state index in [1.807, 2.05) is 20.8 Å². The average Bonchev–Trinajstić information content (AvgIpc) is 1.82. The fourth-order valence-electron chi connectivity index (χ4n) is 0.802. The van der Waals surface area contributed by atoms with E-state index in [1.54, 1.807) is 6.07 Å². The number of ether oxygens (including phenoxy) is 1. The number of hydrogen-bond donors (Lipinski definition) is 0. The van der Waals surface area contributed by atoms with Crippen molar-refractivity contribution in [3.05, 3.63) is 24.3 Å². The molecule has 0 aliphatic carbocycles. The SMILES string of the molecule is CC(C)(C)Oc1ccnc(F)c1. The highest BCUT2D eigenvalue weighted by Crippen LogP contribution is 2.16. The highest BCUT2D eigenvalue weighted by atomic mass is 19.1. The molecule has 0 amide bonds. The van der Waals surface area contributed by atoms with Crippen LogP contribution in [0.3, 0.4) is 0 Å². The van der Waals surface area contributed by atoms with Gasteiger partial charge in [-0.3, -0.25) is 0 Å². The predicted octanol–water partition coefficient (Wildman–Crippen LogP) is 2.40. The van der Waals surface area contributed by atoms with Crippen LogP contribution in [0.5, 0.6) is 5.75 Å². The second-order valence-corrected chi connectivity index (χ2v) is 3.53. The Kier molecular flexibility index (Phi) is 2.31. The van der Waals surface area contributed by atoms with Gasteiger partial charge in [-0.25, -0.2) is 4.98 Å². The van der Waals surface area contributed by atoms with Gasteiger partial charge in [0.15, 0.2) is 0 Å². The summed E-state index contributed by atoms with van der Waals surface area (Å²) in [5.74, 6) is -0.00764. The van der Waals surface area contributed by atoms with Crippen LogP contribution in [0.1, 0.15) is 20.8 Å². The van der Waals surface area contributed by atoms with Crippen LogP contribution in [0.2, 0.25) is 0 Å². The second-order valence-electron chi connectivity index (χ2n) is 3.53. The number of aromatic nitrogens is 1. The van der Waals surface area contributed by atoms with Gasteiger partial charge in [0.1, 0.15) is 11.4 Å². The molecule has 0 bridgehead atoms. The first kappa shape index (κ1) is 8.97. The molecule has 0 radical (unpaired) electrons. The molecule has 1 aromatic rings. The molecule has 1 heterocycles. The van der Waals surface area contributed by atoms with Gasteiger partial charge < -0.3 is 4.74 Å². The largest absolute Gasteiger partial charge is 0.488 e. The zero-order valence-electron chi connectivity index (χ0n) is 7.47. The Balaban J connectivity index is 2.77. The van der Waals surface area contributed by atoms with E-state index in [1.165, 1.54) is 12.3 Å². The van der Waals surface area contributed by atoms with E-state index in [9.17, 15) is 4.39 Å². The predicted molar refractivity (Wildman–Crippen MR) is 44.6 cm³/mol. The summed E-state index contributed by atoms with van der Waals surface area (Å²) < 4.78 is 18.0. The maximum Gasteiger partial charge on any atom is 0.216 e. The van der Waals surface area contributed by atoms with Crippen LogP contribution < -0.4 is 4.74 Å². The molecule has 0 aliphatic rings. The minimum atomic E-state index is -0.517. The summed E-state index contributed by atoms with van der Waals surface area (Å²) in [7, 11) is 0. The fraction of sp³-hybridized carbons (Fsp3) is 0.444. The van der Waals surface area contributed by atoms with Gasteiger partial charge in [-0.15, -0.1) is 0 Å². The summed E-state index contributed by atoms with van der Waals surface area (Å²) >= 11 is 0. The summed E-state index contributed by atoms with van der Waals surface area (Å²) in [6.07, 6.45) is 1.39. The number of nitrogens with zero attached hydrogens (tertiary/aromatic N) is 1. The van der Waals surface area contributed by atoms with E-state index >= 15 is 0 Å². The van der Waals surface area contributed by atoms with Gasteiger partial charge in [0, 0.05) is 12.3 Å². The van der Waals surface area contributed by atoms with Crippen molar-refractivity contribution in [3.63, 3.8) is 0 Å². The summed E-state index contributed by atoms with van der Waals surface area (Å²) in [5, 5.41) is 0. The number of rotatable bonds is 1. The van der Waals surface area contributed by atoms with Gasteiger partial charge in [-0.05, 0) is 26.8 Å². The molecule has 0 saturated carbocycles. The van der Waals surface area contributed by atoms with Crippen LogP contribution in [0.15, 0.2) is 18.3 Å². The molecule has 0 N–H and O–H groups in total. The van der Waals surface area contributed by atoms with Gasteiger partial charge in [-0.1, -0.05) is 0 Å². The molecule has 0 fully saturated rings. The third kappa shape index (κ3) is 2.86. The average molecular weight is 169 g/mol. The molecule has 66 valence electrons. The third-order valence-electron chi connectivity index (χ3n) is 1.12. The normalized spacial score (nSPS) is 11.3. The standard InChI is InChI=1S/C9H12FNO/c1-9(2,3)12-7-4-5-11-8(10)6-7/h4-6H,1-3H3. The minimum Gasteiger partial charge on any atom is -0.488 e. The molecule has 0 aliphatic heterocycles. The summed E-state index contributed by atoms with van der Waals surface area (Å²) in [4.78, 5) is 3.42. The Labute approximate surface area is 71.4 Å². The number of halogens is 1. The Bertz CT molecular complexity index is 267. The second kappa shape index (κ2) is 3.09. The van der Waals surface area contributed by atoms with Gasteiger partial charge in [-0.2, -0.15) is 4.39 Å². The van der Waals surface area contributed by atoms with E-state index in [0.29, 0.717) is 5.75 Å². The highest BCUT2D eigenvalue weighted by Gasteiger charge is 2.11. The number of hydrogen-bond acceptors (Lipinski definition) is 2. The van der Waals surface area contributed by atoms with E-state index in [-0.39, 0.29) is 5.60 Å². The molecule has 0 aromatic carbocycles. The Morgan fingerprint density at radius 2 is 2.08 bits per heavy atom. The monoisotopic (exact) mass is 169 g/mol. The minimum absolute atomic E-state index is 0.298. The van der Waals surface area contributed by atoms with Gasteiger partial charge in [0.25, 0.3) is 0 Å². The first-order valence-corrected chi connectivity index (χ1v) is 3.78. The molecule has 0 unspecified atom stereocenters. The van der Waals surface area contributed by atoms with Crippen molar-refractivity contribution in [1.29, 1.82) is 0 Å². The molecule has 2 nitrogen and oxygen atoms in total. The third-order valence-corrected chi connectivity index (χ3v) is 1.12. The first-order valence-electron chi connectivity index (χ1n) is 3.78. The zero-order valence-corrected chi connectivity index (χ0v) is 7.47. The van der Waals surface area contributed by atoms with Crippen LogP contribution in [-0.4, -0.2) is 10.6 Å². The lowest BCUT2D eigenvalue weighted by Crippen LogP contribution is -2.22. The van der Waals surface area contributed by atoms with Gasteiger partial charge in [0.05, 0.1) is 0 Å². The Morgan fingerprint density at radius 1 is 1.42 bits per heavy atom. The van der Waals surface area contributed by atoms with E-state index in [2.05, 4.69) is 4.98 Å². The van der Waals surface area contributed by atoms with Crippen molar-refractivity contribution < 1.29 is 9.13 Å². The molecule has 1 rings (SSSR count). The number of pyridine rings is 1. The quantitative estimate of drug-likeness (QED) is 0.602. The van der Waals surface area contributed by atoms with Crippen molar-refractivity contribution in [2.75, 3.05) is 0 Å². The maximum atomic E-state index is 12.6. The highest BCUT2D eigenvalue weighted by molar-refractivity contribution is 5.18. The molecule has 0 atom stereocenters. The maximum absolute atomic E-state index is 12.6. The lowest BCUT2D eigenvalue weighted by atomic mass is 10.2. The van der Waals surface area contributed by atoms with Gasteiger partial charge in [0.2, 0.25) is 5.95 Å². The van der Waals surface area contributed by atoms with Crippen LogP contribution in [-0.2, 0) is 0 Å². The van der Waals surface area contributed by atoms with Gasteiger partial charge >= 0.3 is 0 Å². The molecule has 0 saturated heterocycles. The summed E-state index contributed by atoms with van der Waals surface area (Å²) in [6.45, 7) is 5.72. The molecule has 0 spiro atoms. The lowest BCUT2D eigenvalue weighted by molar-refractivity contribution is 0.130. The summed E-state index contributed by atoms with van der Waals surface area (Å²) in [6, 6.07) is 2.90. The molecule has 3 heteroatoms. The fourth-order valence-corrected chi connectivity index (χ4v) is 0.802.